The molecule has 2 heterocycles. The van der Waals surface area contributed by atoms with Crippen LogP contribution in [0.4, 0.5) is 0 Å². The molecule has 0 spiro atoms. The number of aromatic nitrogens is 2. The summed E-state index contributed by atoms with van der Waals surface area (Å²) in [4.78, 5) is 5.67. The number of imidazole rings is 1. The highest BCUT2D eigenvalue weighted by molar-refractivity contribution is 7.99. The molecule has 2 N–H and O–H groups in total. The first kappa shape index (κ1) is 14.8. The number of nitrogens with zero attached hydrogens (tertiary/aromatic N) is 2. The predicted molar refractivity (Wildman–Crippen MR) is 83.3 cm³/mol. The molecule has 0 saturated carbocycles. The number of fused-ring (bicyclic) bond motifs is 1. The van der Waals surface area contributed by atoms with Gasteiger partial charge in [0.2, 0.25) is 0 Å². The third-order valence-corrected chi connectivity index (χ3v) is 5.01. The fourth-order valence-electron chi connectivity index (χ4n) is 2.00. The smallest absolute Gasteiger partial charge is 0.194 e. The Hall–Kier alpha value is -0.560. The Bertz CT molecular complexity index is 521. The molecule has 4 nitrogen and oxygen atoms in total. The average Bonchev–Trinajstić information content (AvgIpc) is 2.89. The van der Waals surface area contributed by atoms with Gasteiger partial charge < -0.3 is 10.4 Å². The number of aryl methyl sites for hydroxylation is 2. The van der Waals surface area contributed by atoms with E-state index in [4.69, 9.17) is 5.11 Å². The van der Waals surface area contributed by atoms with E-state index >= 15 is 0 Å². The molecule has 0 radical (unpaired) electrons. The fraction of sp³-hybridized carbons (Fsp3) is 0.615. The van der Waals surface area contributed by atoms with Crippen LogP contribution in [0.25, 0.3) is 4.96 Å². The van der Waals surface area contributed by atoms with E-state index in [9.17, 15) is 0 Å². The van der Waals surface area contributed by atoms with Crippen LogP contribution in [-0.2, 0) is 6.54 Å². The van der Waals surface area contributed by atoms with E-state index in [0.717, 1.165) is 41.7 Å². The van der Waals surface area contributed by atoms with E-state index in [1.165, 1.54) is 11.4 Å². The van der Waals surface area contributed by atoms with Crippen molar-refractivity contribution in [1.82, 2.24) is 14.7 Å². The first-order valence-corrected chi connectivity index (χ1v) is 8.59. The molecule has 0 saturated heterocycles. The molecule has 0 aliphatic carbocycles. The van der Waals surface area contributed by atoms with Gasteiger partial charge >= 0.3 is 0 Å². The largest absolute Gasteiger partial charge is 0.396 e. The Morgan fingerprint density at radius 2 is 2.26 bits per heavy atom. The highest BCUT2D eigenvalue weighted by atomic mass is 32.2. The van der Waals surface area contributed by atoms with Crippen molar-refractivity contribution in [1.29, 1.82) is 0 Å². The number of hydrogen-bond acceptors (Lipinski definition) is 5. The molecule has 0 amide bonds. The quantitative estimate of drug-likeness (QED) is 0.734. The second-order valence-corrected chi connectivity index (χ2v) is 6.57. The summed E-state index contributed by atoms with van der Waals surface area (Å²) in [7, 11) is 0. The highest BCUT2D eigenvalue weighted by Gasteiger charge is 2.11. The second-order valence-electron chi connectivity index (χ2n) is 4.51. The third kappa shape index (κ3) is 3.72. The van der Waals surface area contributed by atoms with E-state index in [1.807, 2.05) is 11.8 Å². The van der Waals surface area contributed by atoms with Crippen molar-refractivity contribution in [2.24, 2.45) is 0 Å². The van der Waals surface area contributed by atoms with Gasteiger partial charge in [0, 0.05) is 36.5 Å². The Balaban J connectivity index is 1.81. The van der Waals surface area contributed by atoms with Crippen LogP contribution >= 0.6 is 23.1 Å². The van der Waals surface area contributed by atoms with Crippen molar-refractivity contribution in [2.75, 3.05) is 24.7 Å². The Labute approximate surface area is 122 Å². The second kappa shape index (κ2) is 7.28. The summed E-state index contributed by atoms with van der Waals surface area (Å²) >= 11 is 3.58. The van der Waals surface area contributed by atoms with Crippen LogP contribution in [0.15, 0.2) is 5.38 Å². The average molecular weight is 299 g/mol. The SMILES string of the molecule is Cc1nc2scc(C)n2c1CNCCSCCCO. The third-order valence-electron chi connectivity index (χ3n) is 2.99. The summed E-state index contributed by atoms with van der Waals surface area (Å²) in [6.45, 7) is 6.35. The number of thioether (sulfide) groups is 1. The van der Waals surface area contributed by atoms with Gasteiger partial charge in [-0.25, -0.2) is 4.98 Å². The number of thiazole rings is 1. The van der Waals surface area contributed by atoms with E-state index in [0.29, 0.717) is 6.61 Å². The minimum absolute atomic E-state index is 0.296. The molecule has 0 aromatic carbocycles. The minimum Gasteiger partial charge on any atom is -0.396 e. The molecule has 106 valence electrons. The first-order chi connectivity index (χ1) is 9.24. The van der Waals surface area contributed by atoms with Gasteiger partial charge in [-0.1, -0.05) is 0 Å². The van der Waals surface area contributed by atoms with Crippen LogP contribution in [0.1, 0.15) is 23.5 Å². The zero-order chi connectivity index (χ0) is 13.7. The lowest BCUT2D eigenvalue weighted by Gasteiger charge is -2.06. The summed E-state index contributed by atoms with van der Waals surface area (Å²) in [5.74, 6) is 2.13. The molecule has 0 aliphatic rings. The molecular formula is C13H21N3OS2. The number of aliphatic hydroxyl groups excluding tert-OH is 1. The van der Waals surface area contributed by atoms with Gasteiger partial charge in [0.25, 0.3) is 0 Å². The lowest BCUT2D eigenvalue weighted by atomic mass is 10.3. The number of hydrogen-bond donors (Lipinski definition) is 2. The highest BCUT2D eigenvalue weighted by Crippen LogP contribution is 2.20. The van der Waals surface area contributed by atoms with Crippen molar-refractivity contribution >= 4 is 28.1 Å². The van der Waals surface area contributed by atoms with Gasteiger partial charge in [0.05, 0.1) is 11.4 Å². The summed E-state index contributed by atoms with van der Waals surface area (Å²) < 4.78 is 2.24. The fourth-order valence-corrected chi connectivity index (χ4v) is 3.75. The molecule has 2 rings (SSSR count). The van der Waals surface area contributed by atoms with Crippen molar-refractivity contribution in [3.8, 4) is 0 Å². The monoisotopic (exact) mass is 299 g/mol. The molecule has 2 aromatic rings. The first-order valence-electron chi connectivity index (χ1n) is 6.55. The van der Waals surface area contributed by atoms with Crippen molar-refractivity contribution in [2.45, 2.75) is 26.8 Å². The maximum atomic E-state index is 8.69. The van der Waals surface area contributed by atoms with E-state index < -0.39 is 0 Å². The van der Waals surface area contributed by atoms with Crippen LogP contribution < -0.4 is 5.32 Å². The van der Waals surface area contributed by atoms with Crippen LogP contribution in [0, 0.1) is 13.8 Å². The zero-order valence-corrected chi connectivity index (χ0v) is 13.1. The number of aliphatic hydroxyl groups is 1. The van der Waals surface area contributed by atoms with Gasteiger partial charge in [-0.05, 0) is 26.0 Å². The predicted octanol–water partition coefficient (Wildman–Crippen LogP) is 2.22. The van der Waals surface area contributed by atoms with Crippen molar-refractivity contribution < 1.29 is 5.11 Å². The Kier molecular flexibility index (Phi) is 5.69. The van der Waals surface area contributed by atoms with Crippen LogP contribution in [0.2, 0.25) is 0 Å². The maximum Gasteiger partial charge on any atom is 0.194 e. The van der Waals surface area contributed by atoms with Crippen LogP contribution in [0.5, 0.6) is 0 Å². The molecule has 0 fully saturated rings. The van der Waals surface area contributed by atoms with E-state index in [2.05, 4.69) is 33.9 Å². The molecular weight excluding hydrogens is 278 g/mol. The minimum atomic E-state index is 0.296. The van der Waals surface area contributed by atoms with Gasteiger partial charge in [0.15, 0.2) is 4.96 Å². The van der Waals surface area contributed by atoms with Gasteiger partial charge in [-0.15, -0.1) is 11.3 Å². The van der Waals surface area contributed by atoms with Crippen LogP contribution in [-0.4, -0.2) is 39.1 Å². The van der Waals surface area contributed by atoms with Crippen molar-refractivity contribution in [3.63, 3.8) is 0 Å². The standard InChI is InChI=1S/C13H21N3OS2/c1-10-9-19-13-15-11(2)12(16(10)13)8-14-4-7-18-6-3-5-17/h9,14,17H,3-8H2,1-2H3. The zero-order valence-electron chi connectivity index (χ0n) is 11.5. The molecule has 0 aliphatic heterocycles. The van der Waals surface area contributed by atoms with Gasteiger partial charge in [-0.2, -0.15) is 11.8 Å². The van der Waals surface area contributed by atoms with Crippen LogP contribution in [0.3, 0.4) is 0 Å². The summed E-state index contributed by atoms with van der Waals surface area (Å²) in [6.07, 6.45) is 0.890. The molecule has 0 atom stereocenters. The molecule has 0 unspecified atom stereocenters. The lowest BCUT2D eigenvalue weighted by Crippen LogP contribution is -2.18. The van der Waals surface area contributed by atoms with Gasteiger partial charge in [0.1, 0.15) is 0 Å². The normalized spacial score (nSPS) is 11.5. The molecule has 6 heteroatoms. The molecule has 0 bridgehead atoms. The molecule has 19 heavy (non-hydrogen) atoms. The Morgan fingerprint density at radius 3 is 3.05 bits per heavy atom. The van der Waals surface area contributed by atoms with Gasteiger partial charge in [-0.3, -0.25) is 4.40 Å². The number of nitrogens with one attached hydrogen (secondary N) is 1. The van der Waals surface area contributed by atoms with E-state index in [1.54, 1.807) is 11.3 Å². The maximum absolute atomic E-state index is 8.69. The summed E-state index contributed by atoms with van der Waals surface area (Å²) in [5, 5.41) is 14.3. The topological polar surface area (TPSA) is 49.6 Å². The Morgan fingerprint density at radius 1 is 1.42 bits per heavy atom. The molecule has 2 aromatic heterocycles. The number of rotatable bonds is 8. The van der Waals surface area contributed by atoms with E-state index in [-0.39, 0.29) is 0 Å². The van der Waals surface area contributed by atoms with Crippen molar-refractivity contribution in [3.05, 3.63) is 22.5 Å². The lowest BCUT2D eigenvalue weighted by molar-refractivity contribution is 0.296. The summed E-state index contributed by atoms with van der Waals surface area (Å²) in [5.41, 5.74) is 3.65. The summed E-state index contributed by atoms with van der Waals surface area (Å²) in [6, 6.07) is 0.